The number of primary amides is 1. The van der Waals surface area contributed by atoms with Gasteiger partial charge in [-0.2, -0.15) is 5.10 Å². The average molecular weight is 514 g/mol. The molecule has 10 nitrogen and oxygen atoms in total. The van der Waals surface area contributed by atoms with Crippen molar-refractivity contribution in [2.75, 3.05) is 5.32 Å². The maximum atomic E-state index is 13.4. The third-order valence-electron chi connectivity index (χ3n) is 5.11. The fourth-order valence-corrected chi connectivity index (χ4v) is 3.39. The molecule has 194 valence electrons. The number of nitrogens with one attached hydrogen (secondary N) is 2. The minimum absolute atomic E-state index is 0.0107. The number of aromatic nitrogens is 2. The molecule has 12 heteroatoms. The van der Waals surface area contributed by atoms with E-state index in [-0.39, 0.29) is 36.5 Å². The van der Waals surface area contributed by atoms with E-state index in [0.29, 0.717) is 6.07 Å². The van der Waals surface area contributed by atoms with Crippen molar-refractivity contribution in [1.82, 2.24) is 15.1 Å². The Kier molecular flexibility index (Phi) is 9.03. The quantitative estimate of drug-likeness (QED) is 0.335. The number of esters is 1. The first kappa shape index (κ1) is 27.0. The number of carbonyl (C=O) groups excluding carboxylic acids is 4. The first-order chi connectivity index (χ1) is 17.6. The highest BCUT2D eigenvalue weighted by molar-refractivity contribution is 5.98. The molecule has 3 rings (SSSR count). The van der Waals surface area contributed by atoms with E-state index in [2.05, 4.69) is 15.7 Å². The highest BCUT2D eigenvalue weighted by Crippen LogP contribution is 2.14. The van der Waals surface area contributed by atoms with E-state index in [1.165, 1.54) is 6.07 Å². The fourth-order valence-electron chi connectivity index (χ4n) is 3.39. The van der Waals surface area contributed by atoms with Crippen LogP contribution in [0, 0.1) is 11.6 Å². The molecule has 0 saturated carbocycles. The second-order valence-electron chi connectivity index (χ2n) is 8.07. The number of nitrogens with zero attached hydrogens (tertiary/aromatic N) is 2. The summed E-state index contributed by atoms with van der Waals surface area (Å²) in [6.45, 7) is 1.19. The van der Waals surface area contributed by atoms with Gasteiger partial charge in [0.05, 0.1) is 6.42 Å². The molecule has 3 amide bonds. The van der Waals surface area contributed by atoms with Gasteiger partial charge in [0.2, 0.25) is 17.7 Å². The van der Waals surface area contributed by atoms with Crippen molar-refractivity contribution >= 4 is 29.5 Å². The zero-order valence-corrected chi connectivity index (χ0v) is 19.9. The number of halogens is 2. The summed E-state index contributed by atoms with van der Waals surface area (Å²) in [5.74, 6) is -4.54. The zero-order chi connectivity index (χ0) is 26.9. The molecular weight excluding hydrogens is 488 g/mol. The number of hydrogen-bond donors (Lipinski definition) is 3. The predicted octanol–water partition coefficient (Wildman–Crippen LogP) is 2.08. The van der Waals surface area contributed by atoms with Crippen LogP contribution in [0.4, 0.5) is 14.6 Å². The summed E-state index contributed by atoms with van der Waals surface area (Å²) in [5, 5.41) is 9.01. The van der Waals surface area contributed by atoms with Crippen molar-refractivity contribution in [1.29, 1.82) is 0 Å². The molecular formula is C25H25F2N5O5. The highest BCUT2D eigenvalue weighted by atomic mass is 19.1. The van der Waals surface area contributed by atoms with E-state index in [9.17, 15) is 28.0 Å². The van der Waals surface area contributed by atoms with E-state index < -0.39 is 47.9 Å². The molecule has 0 saturated heterocycles. The maximum absolute atomic E-state index is 13.4. The molecule has 4 N–H and O–H groups in total. The smallest absolute Gasteiger partial charge is 0.359 e. The molecule has 1 unspecified atom stereocenters. The lowest BCUT2D eigenvalue weighted by Gasteiger charge is -2.17. The van der Waals surface area contributed by atoms with E-state index in [4.69, 9.17) is 10.5 Å². The molecule has 0 radical (unpaired) electrons. The van der Waals surface area contributed by atoms with Gasteiger partial charge in [-0.15, -0.1) is 0 Å². The summed E-state index contributed by atoms with van der Waals surface area (Å²) >= 11 is 0. The number of nitrogens with two attached hydrogens (primary N) is 1. The number of benzene rings is 2. The molecule has 1 aromatic heterocycles. The lowest BCUT2D eigenvalue weighted by atomic mass is 10.1. The second-order valence-corrected chi connectivity index (χ2v) is 8.07. The standard InChI is InChI=1S/C25H25F2N5O5/c1-2-19(29-23(34)10-16-8-17(26)11-18(27)9-16)24(35)30-22-12-20(31-32(22)13-21(28)33)25(36)37-14-15-6-4-3-5-7-15/h3-9,11-12,19H,2,10,13-14H2,1H3,(H2,28,33)(H,29,34)(H,30,35). The van der Waals surface area contributed by atoms with Crippen molar-refractivity contribution in [2.45, 2.75) is 39.0 Å². The lowest BCUT2D eigenvalue weighted by Crippen LogP contribution is -2.44. The number of amides is 3. The van der Waals surface area contributed by atoms with E-state index >= 15 is 0 Å². The topological polar surface area (TPSA) is 145 Å². The van der Waals surface area contributed by atoms with Crippen LogP contribution in [0.2, 0.25) is 0 Å². The van der Waals surface area contributed by atoms with Gasteiger partial charge in [0.15, 0.2) is 5.69 Å². The summed E-state index contributed by atoms with van der Waals surface area (Å²) in [5.41, 5.74) is 5.94. The van der Waals surface area contributed by atoms with Gasteiger partial charge in [-0.1, -0.05) is 37.3 Å². The largest absolute Gasteiger partial charge is 0.456 e. The fraction of sp³-hybridized carbons (Fsp3) is 0.240. The van der Waals surface area contributed by atoms with Crippen LogP contribution in [0.15, 0.2) is 54.6 Å². The molecule has 1 atom stereocenters. The number of ether oxygens (including phenoxy) is 1. The van der Waals surface area contributed by atoms with Crippen LogP contribution in [0.3, 0.4) is 0 Å². The molecule has 2 aromatic carbocycles. The number of carbonyl (C=O) groups is 4. The monoisotopic (exact) mass is 513 g/mol. The molecule has 3 aromatic rings. The van der Waals surface area contributed by atoms with E-state index in [1.807, 2.05) is 6.07 Å². The van der Waals surface area contributed by atoms with Gasteiger partial charge in [0.1, 0.15) is 36.6 Å². The minimum atomic E-state index is -1.03. The van der Waals surface area contributed by atoms with Crippen LogP contribution in [-0.4, -0.2) is 39.5 Å². The van der Waals surface area contributed by atoms with Crippen LogP contribution in [-0.2, 0) is 38.7 Å². The van der Waals surface area contributed by atoms with Gasteiger partial charge in [0.25, 0.3) is 0 Å². The van der Waals surface area contributed by atoms with Crippen molar-refractivity contribution in [3.63, 3.8) is 0 Å². The first-order valence-electron chi connectivity index (χ1n) is 11.3. The molecule has 0 aliphatic carbocycles. The number of rotatable bonds is 11. The summed E-state index contributed by atoms with van der Waals surface area (Å²) in [6.07, 6.45) is -0.180. The van der Waals surface area contributed by atoms with E-state index in [1.54, 1.807) is 31.2 Å². The van der Waals surface area contributed by atoms with Crippen LogP contribution in [0.5, 0.6) is 0 Å². The summed E-state index contributed by atoms with van der Waals surface area (Å²) in [4.78, 5) is 49.2. The Balaban J connectivity index is 1.68. The molecule has 0 fully saturated rings. The molecule has 0 aliphatic heterocycles. The predicted molar refractivity (Wildman–Crippen MR) is 128 cm³/mol. The summed E-state index contributed by atoms with van der Waals surface area (Å²) in [7, 11) is 0. The lowest BCUT2D eigenvalue weighted by molar-refractivity contribution is -0.126. The van der Waals surface area contributed by atoms with Gasteiger partial charge in [0, 0.05) is 12.1 Å². The van der Waals surface area contributed by atoms with Gasteiger partial charge in [-0.3, -0.25) is 14.4 Å². The van der Waals surface area contributed by atoms with Crippen LogP contribution in [0.25, 0.3) is 0 Å². The van der Waals surface area contributed by atoms with Gasteiger partial charge in [-0.25, -0.2) is 18.3 Å². The van der Waals surface area contributed by atoms with Crippen molar-refractivity contribution in [3.05, 3.63) is 83.1 Å². The zero-order valence-electron chi connectivity index (χ0n) is 19.9. The van der Waals surface area contributed by atoms with Crippen LogP contribution >= 0.6 is 0 Å². The van der Waals surface area contributed by atoms with Crippen molar-refractivity contribution < 1.29 is 32.7 Å². The Hall–Kier alpha value is -4.61. The van der Waals surface area contributed by atoms with Crippen molar-refractivity contribution in [2.24, 2.45) is 5.73 Å². The number of anilines is 1. The third-order valence-corrected chi connectivity index (χ3v) is 5.11. The van der Waals surface area contributed by atoms with Crippen LogP contribution < -0.4 is 16.4 Å². The minimum Gasteiger partial charge on any atom is -0.456 e. The van der Waals surface area contributed by atoms with Crippen molar-refractivity contribution in [3.8, 4) is 0 Å². The normalized spacial score (nSPS) is 11.4. The summed E-state index contributed by atoms with van der Waals surface area (Å²) < 4.78 is 33.0. The molecule has 0 spiro atoms. The van der Waals surface area contributed by atoms with Crippen LogP contribution in [0.1, 0.15) is 35.0 Å². The SMILES string of the molecule is CCC(NC(=O)Cc1cc(F)cc(F)c1)C(=O)Nc1cc(C(=O)OCc2ccccc2)nn1CC(N)=O. The number of hydrogen-bond acceptors (Lipinski definition) is 6. The summed E-state index contributed by atoms with van der Waals surface area (Å²) in [6, 6.07) is 11.9. The Labute approximate surface area is 210 Å². The van der Waals surface area contributed by atoms with Gasteiger partial charge in [-0.05, 0) is 29.7 Å². The van der Waals surface area contributed by atoms with Gasteiger partial charge < -0.3 is 21.1 Å². The first-order valence-corrected chi connectivity index (χ1v) is 11.3. The Morgan fingerprint density at radius 3 is 2.32 bits per heavy atom. The molecule has 1 heterocycles. The highest BCUT2D eigenvalue weighted by Gasteiger charge is 2.23. The Morgan fingerprint density at radius 1 is 1.03 bits per heavy atom. The maximum Gasteiger partial charge on any atom is 0.359 e. The molecule has 37 heavy (non-hydrogen) atoms. The average Bonchev–Trinajstić information content (AvgIpc) is 3.22. The third kappa shape index (κ3) is 7.95. The Bertz CT molecular complexity index is 1280. The Morgan fingerprint density at radius 2 is 1.70 bits per heavy atom. The second kappa shape index (κ2) is 12.4. The molecule has 0 bridgehead atoms. The van der Waals surface area contributed by atoms with Gasteiger partial charge >= 0.3 is 5.97 Å². The molecule has 0 aliphatic rings. The van der Waals surface area contributed by atoms with E-state index in [0.717, 1.165) is 22.4 Å².